The minimum atomic E-state index is -0.504. The number of piperazine rings is 1. The summed E-state index contributed by atoms with van der Waals surface area (Å²) in [7, 11) is 0. The van der Waals surface area contributed by atoms with Crippen LogP contribution in [-0.2, 0) is 11.2 Å². The SMILES string of the molecule is CC(C)(C)OC(=O)N1CCN(c2ncnc3cc(O)c4c(c23)OCCC4)CC1. The molecule has 28 heavy (non-hydrogen) atoms. The third-order valence-corrected chi connectivity index (χ3v) is 4.99. The molecule has 0 aliphatic carbocycles. The van der Waals surface area contributed by atoms with Crippen LogP contribution in [-0.4, -0.2) is 64.5 Å². The van der Waals surface area contributed by atoms with Crippen molar-refractivity contribution in [3.05, 3.63) is 18.0 Å². The average molecular weight is 386 g/mol. The molecule has 0 unspecified atom stereocenters. The van der Waals surface area contributed by atoms with Gasteiger partial charge in [-0.15, -0.1) is 0 Å². The van der Waals surface area contributed by atoms with E-state index in [4.69, 9.17) is 9.47 Å². The fourth-order valence-corrected chi connectivity index (χ4v) is 3.69. The molecule has 150 valence electrons. The molecule has 8 heteroatoms. The van der Waals surface area contributed by atoms with E-state index >= 15 is 0 Å². The van der Waals surface area contributed by atoms with Gasteiger partial charge in [0.15, 0.2) is 0 Å². The van der Waals surface area contributed by atoms with E-state index in [0.717, 1.165) is 29.6 Å². The number of anilines is 1. The lowest BCUT2D eigenvalue weighted by Crippen LogP contribution is -2.50. The summed E-state index contributed by atoms with van der Waals surface area (Å²) in [5.74, 6) is 1.69. The second-order valence-corrected chi connectivity index (χ2v) is 8.20. The first-order valence-corrected chi connectivity index (χ1v) is 9.69. The van der Waals surface area contributed by atoms with Gasteiger partial charge in [-0.25, -0.2) is 14.8 Å². The largest absolute Gasteiger partial charge is 0.507 e. The van der Waals surface area contributed by atoms with E-state index < -0.39 is 5.60 Å². The number of benzene rings is 1. The summed E-state index contributed by atoms with van der Waals surface area (Å²) in [5, 5.41) is 11.2. The van der Waals surface area contributed by atoms with E-state index in [-0.39, 0.29) is 11.8 Å². The maximum Gasteiger partial charge on any atom is 0.410 e. The van der Waals surface area contributed by atoms with Gasteiger partial charge in [0.1, 0.15) is 29.2 Å². The van der Waals surface area contributed by atoms with Gasteiger partial charge < -0.3 is 24.4 Å². The third kappa shape index (κ3) is 3.50. The Bertz CT molecular complexity index is 901. The number of ether oxygens (including phenoxy) is 2. The Kier molecular flexibility index (Phi) is 4.64. The van der Waals surface area contributed by atoms with Gasteiger partial charge in [0.2, 0.25) is 0 Å². The molecule has 1 aromatic carbocycles. The molecular formula is C20H26N4O4. The van der Waals surface area contributed by atoms with Gasteiger partial charge in [-0.2, -0.15) is 0 Å². The van der Waals surface area contributed by atoms with Crippen LogP contribution in [0.15, 0.2) is 12.4 Å². The van der Waals surface area contributed by atoms with E-state index in [9.17, 15) is 9.90 Å². The topological polar surface area (TPSA) is 88.0 Å². The van der Waals surface area contributed by atoms with Crippen LogP contribution < -0.4 is 9.64 Å². The lowest BCUT2D eigenvalue weighted by molar-refractivity contribution is 0.0240. The number of hydrogen-bond donors (Lipinski definition) is 1. The number of nitrogens with zero attached hydrogens (tertiary/aromatic N) is 4. The molecule has 1 saturated heterocycles. The quantitative estimate of drug-likeness (QED) is 0.806. The first-order valence-electron chi connectivity index (χ1n) is 9.69. The number of aromatic hydroxyl groups is 1. The van der Waals surface area contributed by atoms with Crippen molar-refractivity contribution in [1.29, 1.82) is 0 Å². The lowest BCUT2D eigenvalue weighted by Gasteiger charge is -2.36. The Morgan fingerprint density at radius 1 is 1.21 bits per heavy atom. The number of phenols is 1. The summed E-state index contributed by atoms with van der Waals surface area (Å²) >= 11 is 0. The second kappa shape index (κ2) is 7.00. The first kappa shape index (κ1) is 18.6. The van der Waals surface area contributed by atoms with Crippen LogP contribution in [0.25, 0.3) is 10.9 Å². The van der Waals surface area contributed by atoms with Gasteiger partial charge in [0.05, 0.1) is 17.5 Å². The first-order chi connectivity index (χ1) is 13.3. The maximum atomic E-state index is 12.3. The van der Waals surface area contributed by atoms with Gasteiger partial charge in [0, 0.05) is 37.8 Å². The summed E-state index contributed by atoms with van der Waals surface area (Å²) in [6.07, 6.45) is 2.87. The number of carbonyl (C=O) groups is 1. The van der Waals surface area contributed by atoms with E-state index in [2.05, 4.69) is 14.9 Å². The zero-order valence-corrected chi connectivity index (χ0v) is 16.6. The highest BCUT2D eigenvalue weighted by Gasteiger charge is 2.29. The molecular weight excluding hydrogens is 360 g/mol. The smallest absolute Gasteiger partial charge is 0.410 e. The fourth-order valence-electron chi connectivity index (χ4n) is 3.69. The van der Waals surface area contributed by atoms with E-state index in [1.165, 1.54) is 6.33 Å². The van der Waals surface area contributed by atoms with Crippen LogP contribution in [0.4, 0.5) is 10.6 Å². The van der Waals surface area contributed by atoms with E-state index in [1.807, 2.05) is 20.8 Å². The number of rotatable bonds is 1. The average Bonchev–Trinajstić information content (AvgIpc) is 2.66. The number of carbonyl (C=O) groups excluding carboxylic acids is 1. The van der Waals surface area contributed by atoms with Crippen molar-refractivity contribution in [2.24, 2.45) is 0 Å². The molecule has 1 N–H and O–H groups in total. The van der Waals surface area contributed by atoms with Crippen LogP contribution in [0, 0.1) is 0 Å². The van der Waals surface area contributed by atoms with E-state index in [0.29, 0.717) is 44.1 Å². The lowest BCUT2D eigenvalue weighted by atomic mass is 10.0. The highest BCUT2D eigenvalue weighted by Crippen LogP contribution is 2.42. The Labute approximate surface area is 164 Å². The number of fused-ring (bicyclic) bond motifs is 3. The highest BCUT2D eigenvalue weighted by molar-refractivity contribution is 5.97. The molecule has 2 aromatic rings. The van der Waals surface area contributed by atoms with Gasteiger partial charge >= 0.3 is 6.09 Å². The highest BCUT2D eigenvalue weighted by atomic mass is 16.6. The predicted octanol–water partition coefficient (Wildman–Crippen LogP) is 2.72. The minimum Gasteiger partial charge on any atom is -0.507 e. The van der Waals surface area contributed by atoms with Crippen molar-refractivity contribution in [1.82, 2.24) is 14.9 Å². The van der Waals surface area contributed by atoms with Gasteiger partial charge in [0.25, 0.3) is 0 Å². The van der Waals surface area contributed by atoms with Crippen molar-refractivity contribution in [3.8, 4) is 11.5 Å². The predicted molar refractivity (Wildman–Crippen MR) is 105 cm³/mol. The Morgan fingerprint density at radius 2 is 1.96 bits per heavy atom. The number of hydrogen-bond acceptors (Lipinski definition) is 7. The molecule has 2 aliphatic rings. The Morgan fingerprint density at radius 3 is 2.68 bits per heavy atom. The maximum absolute atomic E-state index is 12.3. The standard InChI is InChI=1S/C20H26N4O4/c1-20(2,3)28-19(26)24-8-6-23(7-9-24)18-16-14(21-12-22-18)11-15(25)13-5-4-10-27-17(13)16/h11-12,25H,4-10H2,1-3H3. The van der Waals surface area contributed by atoms with Crippen LogP contribution in [0.2, 0.25) is 0 Å². The molecule has 0 saturated carbocycles. The normalized spacial score (nSPS) is 17.2. The van der Waals surface area contributed by atoms with Crippen LogP contribution in [0.3, 0.4) is 0 Å². The van der Waals surface area contributed by atoms with Crippen molar-refractivity contribution >= 4 is 22.8 Å². The molecule has 0 atom stereocenters. The molecule has 1 amide bonds. The van der Waals surface area contributed by atoms with Crippen LogP contribution in [0.5, 0.6) is 11.5 Å². The monoisotopic (exact) mass is 386 g/mol. The summed E-state index contributed by atoms with van der Waals surface area (Å²) < 4.78 is 11.4. The van der Waals surface area contributed by atoms with Gasteiger partial charge in [-0.3, -0.25) is 0 Å². The zero-order valence-electron chi connectivity index (χ0n) is 16.6. The minimum absolute atomic E-state index is 0.224. The molecule has 2 aliphatic heterocycles. The summed E-state index contributed by atoms with van der Waals surface area (Å²) in [6.45, 7) is 8.61. The van der Waals surface area contributed by atoms with Crippen LogP contribution in [0.1, 0.15) is 32.8 Å². The van der Waals surface area contributed by atoms with Crippen molar-refractivity contribution < 1.29 is 19.4 Å². The van der Waals surface area contributed by atoms with Gasteiger partial charge in [-0.05, 0) is 33.6 Å². The molecule has 8 nitrogen and oxygen atoms in total. The summed E-state index contributed by atoms with van der Waals surface area (Å²) in [5.41, 5.74) is 0.982. The molecule has 3 heterocycles. The van der Waals surface area contributed by atoms with Gasteiger partial charge in [-0.1, -0.05) is 0 Å². The fraction of sp³-hybridized carbons (Fsp3) is 0.550. The van der Waals surface area contributed by atoms with Crippen molar-refractivity contribution in [2.75, 3.05) is 37.7 Å². The molecule has 1 aromatic heterocycles. The van der Waals surface area contributed by atoms with E-state index in [1.54, 1.807) is 11.0 Å². The molecule has 1 fully saturated rings. The third-order valence-electron chi connectivity index (χ3n) is 4.99. The van der Waals surface area contributed by atoms with Crippen molar-refractivity contribution in [2.45, 2.75) is 39.2 Å². The molecule has 4 rings (SSSR count). The number of amides is 1. The molecule has 0 bridgehead atoms. The Balaban J connectivity index is 1.60. The number of phenolic OH excluding ortho intramolecular Hbond substituents is 1. The molecule has 0 spiro atoms. The second-order valence-electron chi connectivity index (χ2n) is 8.20. The van der Waals surface area contributed by atoms with Crippen LogP contribution >= 0.6 is 0 Å². The zero-order chi connectivity index (χ0) is 19.9. The summed E-state index contributed by atoms with van der Waals surface area (Å²) in [4.78, 5) is 25.0. The van der Waals surface area contributed by atoms with Crippen molar-refractivity contribution in [3.63, 3.8) is 0 Å². The molecule has 0 radical (unpaired) electrons. The summed E-state index contributed by atoms with van der Waals surface area (Å²) in [6, 6.07) is 1.69. The number of aromatic nitrogens is 2. The Hall–Kier alpha value is -2.77.